The summed E-state index contributed by atoms with van der Waals surface area (Å²) in [5.41, 5.74) is 1.99. The Balaban J connectivity index is 1.70. The number of aromatic hydroxyl groups is 1. The second-order valence-electron chi connectivity index (χ2n) is 6.23. The van der Waals surface area contributed by atoms with Gasteiger partial charge in [-0.2, -0.15) is 0 Å². The Labute approximate surface area is 156 Å². The summed E-state index contributed by atoms with van der Waals surface area (Å²) in [4.78, 5) is 25.9. The number of carbonyl (C=O) groups excluding carboxylic acids is 2. The Kier molecular flexibility index (Phi) is 4.90. The van der Waals surface area contributed by atoms with Gasteiger partial charge in [-0.1, -0.05) is 11.6 Å². The van der Waals surface area contributed by atoms with Gasteiger partial charge in [-0.15, -0.1) is 0 Å². The topological polar surface area (TPSA) is 127 Å². The van der Waals surface area contributed by atoms with E-state index in [0.717, 1.165) is 5.56 Å². The number of carbonyl (C=O) groups is 2. The number of sulfonamides is 1. The molecule has 0 bridgehead atoms. The largest absolute Gasteiger partial charge is 0.507 e. The Morgan fingerprint density at radius 1 is 1.22 bits per heavy atom. The van der Waals surface area contributed by atoms with Crippen LogP contribution in [0.15, 0.2) is 41.3 Å². The summed E-state index contributed by atoms with van der Waals surface area (Å²) in [6.45, 7) is 1.61. The van der Waals surface area contributed by atoms with Crippen molar-refractivity contribution in [1.82, 2.24) is 0 Å². The van der Waals surface area contributed by atoms with Gasteiger partial charge in [0, 0.05) is 12.2 Å². The molecule has 0 fully saturated rings. The molecule has 1 heterocycles. The first-order valence-electron chi connectivity index (χ1n) is 8.09. The second kappa shape index (κ2) is 7.01. The van der Waals surface area contributed by atoms with E-state index >= 15 is 0 Å². The average molecular weight is 390 g/mol. The minimum absolute atomic E-state index is 0.0117. The summed E-state index contributed by atoms with van der Waals surface area (Å²) in [5, 5.41) is 14.9. The lowest BCUT2D eigenvalue weighted by Crippen LogP contribution is -2.33. The summed E-state index contributed by atoms with van der Waals surface area (Å²) in [7, 11) is -3.82. The number of benzene rings is 2. The zero-order chi connectivity index (χ0) is 19.8. The van der Waals surface area contributed by atoms with Gasteiger partial charge < -0.3 is 14.7 Å². The van der Waals surface area contributed by atoms with Crippen LogP contribution in [0.3, 0.4) is 0 Å². The smallest absolute Gasteiger partial charge is 0.342 e. The van der Waals surface area contributed by atoms with Gasteiger partial charge in [0.2, 0.25) is 10.0 Å². The van der Waals surface area contributed by atoms with Crippen LogP contribution in [0, 0.1) is 6.92 Å². The summed E-state index contributed by atoms with van der Waals surface area (Å²) in [6.07, 6.45) is 0.469. The molecule has 2 aromatic carbocycles. The highest BCUT2D eigenvalue weighted by Gasteiger charge is 2.27. The number of nitrogens with zero attached hydrogens (tertiary/aromatic N) is 1. The van der Waals surface area contributed by atoms with Crippen molar-refractivity contribution in [1.29, 1.82) is 0 Å². The molecule has 0 radical (unpaired) electrons. The molecule has 1 aliphatic heterocycles. The summed E-state index contributed by atoms with van der Waals surface area (Å²) < 4.78 is 27.9. The van der Waals surface area contributed by atoms with Crippen LogP contribution in [0.2, 0.25) is 0 Å². The highest BCUT2D eigenvalue weighted by Crippen LogP contribution is 2.30. The van der Waals surface area contributed by atoms with E-state index in [1.807, 2.05) is 0 Å². The molecule has 0 spiro atoms. The standard InChI is InChI=1S/C18H18N2O6S/c1-11-2-5-16(21)14(8-11)18(23)26-10-17(22)20-7-6-12-9-13(27(19,24)25)3-4-15(12)20/h2-5,8-9,21H,6-7,10H2,1H3,(H2,19,24,25). The van der Waals surface area contributed by atoms with Gasteiger partial charge in [0.25, 0.3) is 5.91 Å². The fourth-order valence-corrected chi connectivity index (χ4v) is 3.47. The first-order valence-corrected chi connectivity index (χ1v) is 9.64. The lowest BCUT2D eigenvalue weighted by Gasteiger charge is -2.17. The molecule has 0 saturated heterocycles. The monoisotopic (exact) mass is 390 g/mol. The highest BCUT2D eigenvalue weighted by atomic mass is 32.2. The van der Waals surface area contributed by atoms with Crippen molar-refractivity contribution in [3.8, 4) is 5.75 Å². The third-order valence-corrected chi connectivity index (χ3v) is 5.19. The molecule has 8 nitrogen and oxygen atoms in total. The van der Waals surface area contributed by atoms with Gasteiger partial charge in [0.1, 0.15) is 11.3 Å². The molecule has 1 aliphatic rings. The lowest BCUT2D eigenvalue weighted by molar-refractivity contribution is -0.121. The molecular weight excluding hydrogens is 372 g/mol. The van der Waals surface area contributed by atoms with Crippen molar-refractivity contribution in [2.24, 2.45) is 5.14 Å². The van der Waals surface area contributed by atoms with Crippen LogP contribution >= 0.6 is 0 Å². The summed E-state index contributed by atoms with van der Waals surface area (Å²) >= 11 is 0. The molecule has 0 unspecified atom stereocenters. The molecule has 0 atom stereocenters. The predicted molar refractivity (Wildman–Crippen MR) is 97.0 cm³/mol. The maximum Gasteiger partial charge on any atom is 0.342 e. The van der Waals surface area contributed by atoms with E-state index in [1.165, 1.54) is 35.2 Å². The van der Waals surface area contributed by atoms with Gasteiger partial charge in [0.05, 0.1) is 4.90 Å². The van der Waals surface area contributed by atoms with E-state index in [-0.39, 0.29) is 16.2 Å². The van der Waals surface area contributed by atoms with Crippen molar-refractivity contribution < 1.29 is 27.9 Å². The maximum absolute atomic E-state index is 12.4. The first-order chi connectivity index (χ1) is 12.7. The zero-order valence-electron chi connectivity index (χ0n) is 14.5. The van der Waals surface area contributed by atoms with Crippen LogP contribution in [0.5, 0.6) is 5.75 Å². The lowest BCUT2D eigenvalue weighted by atomic mass is 10.1. The molecule has 3 N–H and O–H groups in total. The van der Waals surface area contributed by atoms with E-state index in [1.54, 1.807) is 13.0 Å². The van der Waals surface area contributed by atoms with Crippen LogP contribution in [0.1, 0.15) is 21.5 Å². The van der Waals surface area contributed by atoms with Gasteiger partial charge in [-0.25, -0.2) is 18.4 Å². The molecule has 0 aliphatic carbocycles. The predicted octanol–water partition coefficient (Wildman–Crippen LogP) is 1.09. The van der Waals surface area contributed by atoms with Gasteiger partial charge in [-0.3, -0.25) is 4.79 Å². The Hall–Kier alpha value is -2.91. The van der Waals surface area contributed by atoms with E-state index < -0.39 is 28.5 Å². The van der Waals surface area contributed by atoms with Crippen LogP contribution in [0.4, 0.5) is 5.69 Å². The van der Waals surface area contributed by atoms with Crippen molar-refractivity contribution in [2.75, 3.05) is 18.1 Å². The number of amides is 1. The molecule has 0 aromatic heterocycles. The first kappa shape index (κ1) is 18.9. The number of fused-ring (bicyclic) bond motifs is 1. The number of primary sulfonamides is 1. The molecule has 0 saturated carbocycles. The minimum atomic E-state index is -3.82. The van der Waals surface area contributed by atoms with E-state index in [4.69, 9.17) is 9.88 Å². The number of nitrogens with two attached hydrogens (primary N) is 1. The SMILES string of the molecule is Cc1ccc(O)c(C(=O)OCC(=O)N2CCc3cc(S(N)(=O)=O)ccc32)c1. The third kappa shape index (κ3) is 3.93. The molecule has 1 amide bonds. The Morgan fingerprint density at radius 3 is 2.67 bits per heavy atom. The number of phenols is 1. The number of hydrogen-bond donors (Lipinski definition) is 2. The average Bonchev–Trinajstić information content (AvgIpc) is 3.04. The van der Waals surface area contributed by atoms with Crippen LogP contribution in [0.25, 0.3) is 0 Å². The fourth-order valence-electron chi connectivity index (χ4n) is 2.91. The number of hydrogen-bond acceptors (Lipinski definition) is 6. The normalized spacial score (nSPS) is 13.3. The third-order valence-electron chi connectivity index (χ3n) is 4.27. The Morgan fingerprint density at radius 2 is 1.96 bits per heavy atom. The summed E-state index contributed by atoms with van der Waals surface area (Å²) in [5.74, 6) is -1.47. The molecule has 2 aromatic rings. The number of anilines is 1. The second-order valence-corrected chi connectivity index (χ2v) is 7.79. The molecule has 9 heteroatoms. The van der Waals surface area contributed by atoms with E-state index in [9.17, 15) is 23.1 Å². The van der Waals surface area contributed by atoms with Crippen LogP contribution in [-0.4, -0.2) is 38.6 Å². The quantitative estimate of drug-likeness (QED) is 0.753. The summed E-state index contributed by atoms with van der Waals surface area (Å²) in [6, 6.07) is 8.78. The van der Waals surface area contributed by atoms with Crippen molar-refractivity contribution in [3.63, 3.8) is 0 Å². The van der Waals surface area contributed by atoms with Gasteiger partial charge in [0.15, 0.2) is 6.61 Å². The number of aryl methyl sites for hydroxylation is 1. The Bertz CT molecular complexity index is 1030. The number of phenolic OH excluding ortho intramolecular Hbond substituents is 1. The van der Waals surface area contributed by atoms with Gasteiger partial charge >= 0.3 is 5.97 Å². The molecule has 142 valence electrons. The minimum Gasteiger partial charge on any atom is -0.507 e. The highest BCUT2D eigenvalue weighted by molar-refractivity contribution is 7.89. The van der Waals surface area contributed by atoms with E-state index in [2.05, 4.69) is 0 Å². The number of rotatable bonds is 4. The van der Waals surface area contributed by atoms with Crippen molar-refractivity contribution >= 4 is 27.6 Å². The van der Waals surface area contributed by atoms with Crippen molar-refractivity contribution in [2.45, 2.75) is 18.2 Å². The maximum atomic E-state index is 12.4. The molecular formula is C18H18N2O6S. The molecule has 3 rings (SSSR count). The number of esters is 1. The van der Waals surface area contributed by atoms with E-state index in [0.29, 0.717) is 24.2 Å². The number of ether oxygens (including phenoxy) is 1. The van der Waals surface area contributed by atoms with Crippen LogP contribution in [-0.2, 0) is 26.0 Å². The van der Waals surface area contributed by atoms with Gasteiger partial charge in [-0.05, 0) is 49.2 Å². The molecule has 27 heavy (non-hydrogen) atoms. The van der Waals surface area contributed by atoms with Crippen LogP contribution < -0.4 is 10.0 Å². The zero-order valence-corrected chi connectivity index (χ0v) is 15.3. The fraction of sp³-hybridized carbons (Fsp3) is 0.222. The van der Waals surface area contributed by atoms with Crippen molar-refractivity contribution in [3.05, 3.63) is 53.1 Å².